The van der Waals surface area contributed by atoms with Crippen LogP contribution in [0.15, 0.2) is 22.8 Å². The molecule has 1 unspecified atom stereocenters. The van der Waals surface area contributed by atoms with Crippen molar-refractivity contribution in [2.45, 2.75) is 31.7 Å². The number of carbonyl (C=O) groups is 2. The third-order valence-corrected chi connectivity index (χ3v) is 4.07. The summed E-state index contributed by atoms with van der Waals surface area (Å²) in [6.45, 7) is 2.54. The first-order chi connectivity index (χ1) is 9.09. The third-order valence-electron chi connectivity index (χ3n) is 4.07. The maximum atomic E-state index is 12.5. The van der Waals surface area contributed by atoms with Gasteiger partial charge >= 0.3 is 0 Å². The molecule has 5 nitrogen and oxygen atoms in total. The second-order valence-electron chi connectivity index (χ2n) is 5.58. The standard InChI is InChI=1S/C14H18N2O3/c1-14(10-4-5-10)13(18)16(9-12(17)15-14)7-6-11-3-2-8-19-11/h2-3,8,10H,4-7,9H2,1H3,(H,15,17). The first-order valence-electron chi connectivity index (χ1n) is 6.72. The fourth-order valence-electron chi connectivity index (χ4n) is 2.77. The van der Waals surface area contributed by atoms with E-state index in [2.05, 4.69) is 5.32 Å². The Hall–Kier alpha value is -1.78. The van der Waals surface area contributed by atoms with Gasteiger partial charge in [-0.1, -0.05) is 0 Å². The molecule has 0 bridgehead atoms. The van der Waals surface area contributed by atoms with Gasteiger partial charge in [0.2, 0.25) is 11.8 Å². The number of amides is 2. The summed E-state index contributed by atoms with van der Waals surface area (Å²) in [6.07, 6.45) is 4.31. The highest BCUT2D eigenvalue weighted by Crippen LogP contribution is 2.41. The van der Waals surface area contributed by atoms with Crippen molar-refractivity contribution in [1.82, 2.24) is 10.2 Å². The first kappa shape index (κ1) is 12.3. The van der Waals surface area contributed by atoms with Crippen LogP contribution in [0.1, 0.15) is 25.5 Å². The van der Waals surface area contributed by atoms with E-state index in [1.54, 1.807) is 11.2 Å². The lowest BCUT2D eigenvalue weighted by Gasteiger charge is -2.40. The molecule has 3 rings (SSSR count). The molecular weight excluding hydrogens is 244 g/mol. The van der Waals surface area contributed by atoms with Gasteiger partial charge < -0.3 is 14.6 Å². The lowest BCUT2D eigenvalue weighted by molar-refractivity contribution is -0.150. The van der Waals surface area contributed by atoms with Crippen molar-refractivity contribution in [1.29, 1.82) is 0 Å². The Morgan fingerprint density at radius 2 is 2.26 bits per heavy atom. The fourth-order valence-corrected chi connectivity index (χ4v) is 2.77. The minimum Gasteiger partial charge on any atom is -0.469 e. The van der Waals surface area contributed by atoms with Gasteiger partial charge in [-0.2, -0.15) is 0 Å². The molecule has 1 aromatic rings. The highest BCUT2D eigenvalue weighted by Gasteiger charge is 2.52. The predicted octanol–water partition coefficient (Wildman–Crippen LogP) is 0.949. The summed E-state index contributed by atoms with van der Waals surface area (Å²) in [5.41, 5.74) is -0.696. The van der Waals surface area contributed by atoms with Crippen molar-refractivity contribution in [2.24, 2.45) is 5.92 Å². The minimum absolute atomic E-state index is 0.0427. The number of hydrogen-bond acceptors (Lipinski definition) is 3. The summed E-state index contributed by atoms with van der Waals surface area (Å²) in [6, 6.07) is 3.71. The zero-order valence-corrected chi connectivity index (χ0v) is 11.0. The molecule has 0 radical (unpaired) electrons. The first-order valence-corrected chi connectivity index (χ1v) is 6.72. The number of furan rings is 1. The number of carbonyl (C=O) groups excluding carboxylic acids is 2. The second-order valence-corrected chi connectivity index (χ2v) is 5.58. The SMILES string of the molecule is CC1(C2CC2)NC(=O)CN(CCc2ccco2)C1=O. The molecule has 1 saturated carbocycles. The maximum Gasteiger partial charge on any atom is 0.248 e. The Morgan fingerprint density at radius 3 is 2.89 bits per heavy atom. The largest absolute Gasteiger partial charge is 0.469 e. The van der Waals surface area contributed by atoms with Gasteiger partial charge in [0, 0.05) is 13.0 Å². The van der Waals surface area contributed by atoms with Gasteiger partial charge in [0.05, 0.1) is 12.8 Å². The van der Waals surface area contributed by atoms with Gasteiger partial charge in [0.25, 0.3) is 0 Å². The molecule has 5 heteroatoms. The fraction of sp³-hybridized carbons (Fsp3) is 0.571. The van der Waals surface area contributed by atoms with Crippen LogP contribution in [0.4, 0.5) is 0 Å². The molecule has 1 aromatic heterocycles. The number of piperazine rings is 1. The van der Waals surface area contributed by atoms with Crippen LogP contribution in [-0.4, -0.2) is 35.3 Å². The van der Waals surface area contributed by atoms with E-state index in [1.165, 1.54) is 0 Å². The maximum absolute atomic E-state index is 12.5. The summed E-state index contributed by atoms with van der Waals surface area (Å²) in [7, 11) is 0. The molecule has 1 saturated heterocycles. The van der Waals surface area contributed by atoms with Crippen LogP contribution >= 0.6 is 0 Å². The molecule has 102 valence electrons. The molecule has 1 atom stereocenters. The van der Waals surface area contributed by atoms with Gasteiger partial charge in [-0.25, -0.2) is 0 Å². The zero-order chi connectivity index (χ0) is 13.5. The van der Waals surface area contributed by atoms with E-state index >= 15 is 0 Å². The molecule has 0 spiro atoms. The van der Waals surface area contributed by atoms with Crippen LogP contribution in [0.5, 0.6) is 0 Å². The molecule has 1 aliphatic heterocycles. The van der Waals surface area contributed by atoms with Crippen LogP contribution in [-0.2, 0) is 16.0 Å². The Bertz CT molecular complexity index is 493. The average Bonchev–Trinajstić information content (AvgIpc) is 3.11. The van der Waals surface area contributed by atoms with Gasteiger partial charge in [0.15, 0.2) is 0 Å². The molecule has 2 amide bonds. The van der Waals surface area contributed by atoms with Crippen molar-refractivity contribution in [2.75, 3.05) is 13.1 Å². The lowest BCUT2D eigenvalue weighted by atomic mass is 9.91. The van der Waals surface area contributed by atoms with E-state index < -0.39 is 5.54 Å². The van der Waals surface area contributed by atoms with E-state index in [0.29, 0.717) is 18.9 Å². The van der Waals surface area contributed by atoms with E-state index in [0.717, 1.165) is 18.6 Å². The number of rotatable bonds is 4. The smallest absolute Gasteiger partial charge is 0.248 e. The van der Waals surface area contributed by atoms with Crippen molar-refractivity contribution >= 4 is 11.8 Å². The van der Waals surface area contributed by atoms with E-state index in [9.17, 15) is 9.59 Å². The quantitative estimate of drug-likeness (QED) is 0.878. The third kappa shape index (κ3) is 2.25. The lowest BCUT2D eigenvalue weighted by Crippen LogP contribution is -2.66. The Labute approximate surface area is 111 Å². The molecule has 19 heavy (non-hydrogen) atoms. The van der Waals surface area contributed by atoms with E-state index in [1.807, 2.05) is 19.1 Å². The average molecular weight is 262 g/mol. The van der Waals surface area contributed by atoms with E-state index in [4.69, 9.17) is 4.42 Å². The molecular formula is C14H18N2O3. The minimum atomic E-state index is -0.696. The Kier molecular flexibility index (Phi) is 2.84. The van der Waals surface area contributed by atoms with Crippen molar-refractivity contribution in [3.63, 3.8) is 0 Å². The summed E-state index contributed by atoms with van der Waals surface area (Å²) < 4.78 is 5.26. The molecule has 1 N–H and O–H groups in total. The van der Waals surface area contributed by atoms with Gasteiger partial charge in [0.1, 0.15) is 11.3 Å². The van der Waals surface area contributed by atoms with Crippen LogP contribution in [0.2, 0.25) is 0 Å². The topological polar surface area (TPSA) is 62.6 Å². The number of nitrogens with zero attached hydrogens (tertiary/aromatic N) is 1. The summed E-state index contributed by atoms with van der Waals surface area (Å²) in [5, 5.41) is 2.87. The van der Waals surface area contributed by atoms with Gasteiger partial charge in [-0.15, -0.1) is 0 Å². The van der Waals surface area contributed by atoms with Gasteiger partial charge in [-0.05, 0) is 37.8 Å². The Morgan fingerprint density at radius 1 is 1.47 bits per heavy atom. The van der Waals surface area contributed by atoms with Crippen molar-refractivity contribution in [3.8, 4) is 0 Å². The number of hydrogen-bond donors (Lipinski definition) is 1. The number of nitrogens with one attached hydrogen (secondary N) is 1. The van der Waals surface area contributed by atoms with Crippen LogP contribution in [0.3, 0.4) is 0 Å². The zero-order valence-electron chi connectivity index (χ0n) is 11.0. The highest BCUT2D eigenvalue weighted by atomic mass is 16.3. The molecule has 2 aliphatic rings. The summed E-state index contributed by atoms with van der Waals surface area (Å²) >= 11 is 0. The molecule has 2 heterocycles. The highest BCUT2D eigenvalue weighted by molar-refractivity contribution is 5.98. The van der Waals surface area contributed by atoms with Gasteiger partial charge in [-0.3, -0.25) is 9.59 Å². The van der Waals surface area contributed by atoms with Crippen molar-refractivity contribution < 1.29 is 14.0 Å². The predicted molar refractivity (Wildman–Crippen MR) is 68.3 cm³/mol. The van der Waals surface area contributed by atoms with Crippen LogP contribution in [0.25, 0.3) is 0 Å². The monoisotopic (exact) mass is 262 g/mol. The molecule has 1 aliphatic carbocycles. The second kappa shape index (κ2) is 4.40. The van der Waals surface area contributed by atoms with Crippen LogP contribution < -0.4 is 5.32 Å². The normalized spacial score (nSPS) is 27.5. The summed E-state index contributed by atoms with van der Waals surface area (Å²) in [4.78, 5) is 26.0. The van der Waals surface area contributed by atoms with E-state index in [-0.39, 0.29) is 18.4 Å². The molecule has 0 aromatic carbocycles. The molecule has 2 fully saturated rings. The summed E-state index contributed by atoms with van der Waals surface area (Å²) in [5.74, 6) is 1.12. The van der Waals surface area contributed by atoms with Crippen LogP contribution in [0, 0.1) is 5.92 Å². The van der Waals surface area contributed by atoms with Crippen molar-refractivity contribution in [3.05, 3.63) is 24.2 Å². The Balaban J connectivity index is 1.69.